The van der Waals surface area contributed by atoms with Gasteiger partial charge in [0, 0.05) is 47.6 Å². The van der Waals surface area contributed by atoms with Crippen LogP contribution in [-0.2, 0) is 0 Å². The van der Waals surface area contributed by atoms with E-state index in [9.17, 15) is 0 Å². The van der Waals surface area contributed by atoms with E-state index < -0.39 is 0 Å². The molecule has 0 aliphatic carbocycles. The molecule has 0 unspecified atom stereocenters. The van der Waals surface area contributed by atoms with Crippen molar-refractivity contribution in [2.75, 3.05) is 36.0 Å². The van der Waals surface area contributed by atoms with Gasteiger partial charge in [-0.05, 0) is 41.1 Å². The van der Waals surface area contributed by atoms with Gasteiger partial charge >= 0.3 is 0 Å². The van der Waals surface area contributed by atoms with Crippen LogP contribution in [0, 0.1) is 6.92 Å². The second-order valence-corrected chi connectivity index (χ2v) is 7.16. The third-order valence-corrected chi connectivity index (χ3v) is 5.56. The molecular formula is C16H16BrN5S. The Hall–Kier alpha value is -1.73. The first-order valence-corrected chi connectivity index (χ1v) is 9.13. The molecule has 0 amide bonds. The molecule has 1 aliphatic heterocycles. The highest BCUT2D eigenvalue weighted by molar-refractivity contribution is 9.10. The van der Waals surface area contributed by atoms with Crippen LogP contribution in [0.1, 0.15) is 5.82 Å². The Morgan fingerprint density at radius 3 is 2.52 bits per heavy atom. The summed E-state index contributed by atoms with van der Waals surface area (Å²) >= 11 is 5.08. The lowest BCUT2D eigenvalue weighted by Gasteiger charge is -2.35. The molecule has 3 heterocycles. The second kappa shape index (κ2) is 6.05. The smallest absolute Gasteiger partial charge is 0.205 e. The normalized spacial score (nSPS) is 15.4. The van der Waals surface area contributed by atoms with Crippen LogP contribution in [-0.4, -0.2) is 40.5 Å². The van der Waals surface area contributed by atoms with Crippen molar-refractivity contribution in [1.82, 2.24) is 14.3 Å². The summed E-state index contributed by atoms with van der Waals surface area (Å²) in [5.74, 6) is 1.89. The van der Waals surface area contributed by atoms with Crippen LogP contribution in [0.25, 0.3) is 10.9 Å². The summed E-state index contributed by atoms with van der Waals surface area (Å²) in [5, 5.41) is 2.18. The third-order valence-electron chi connectivity index (χ3n) is 4.05. The number of pyridine rings is 1. The maximum absolute atomic E-state index is 4.84. The van der Waals surface area contributed by atoms with Gasteiger partial charge in [-0.15, -0.1) is 0 Å². The van der Waals surface area contributed by atoms with Gasteiger partial charge < -0.3 is 9.80 Å². The van der Waals surface area contributed by atoms with Gasteiger partial charge in [0.2, 0.25) is 5.13 Å². The SMILES string of the molecule is Cc1nsc(N2CCN(c3ccc4cccc(Br)c4n3)CC2)n1. The van der Waals surface area contributed by atoms with Gasteiger partial charge in [0.15, 0.2) is 0 Å². The minimum absolute atomic E-state index is 0.855. The van der Waals surface area contributed by atoms with E-state index >= 15 is 0 Å². The number of aromatic nitrogens is 3. The Morgan fingerprint density at radius 1 is 1.00 bits per heavy atom. The lowest BCUT2D eigenvalue weighted by atomic mass is 10.2. The van der Waals surface area contributed by atoms with E-state index in [-0.39, 0.29) is 0 Å². The summed E-state index contributed by atoms with van der Waals surface area (Å²) in [4.78, 5) is 14.0. The predicted molar refractivity (Wildman–Crippen MR) is 98.5 cm³/mol. The lowest BCUT2D eigenvalue weighted by molar-refractivity contribution is 0.646. The molecule has 2 aromatic heterocycles. The fraction of sp³-hybridized carbons (Fsp3) is 0.312. The molecule has 118 valence electrons. The highest BCUT2D eigenvalue weighted by Gasteiger charge is 2.20. The van der Waals surface area contributed by atoms with Crippen molar-refractivity contribution in [2.45, 2.75) is 6.92 Å². The van der Waals surface area contributed by atoms with Crippen molar-refractivity contribution in [2.24, 2.45) is 0 Å². The zero-order valence-electron chi connectivity index (χ0n) is 12.7. The van der Waals surface area contributed by atoms with Gasteiger partial charge in [-0.2, -0.15) is 4.37 Å². The average molecular weight is 390 g/mol. The molecule has 1 aromatic carbocycles. The van der Waals surface area contributed by atoms with Crippen LogP contribution in [0.15, 0.2) is 34.8 Å². The molecule has 1 aliphatic rings. The minimum atomic E-state index is 0.855. The summed E-state index contributed by atoms with van der Waals surface area (Å²) in [7, 11) is 0. The molecule has 0 spiro atoms. The van der Waals surface area contributed by atoms with Gasteiger partial charge in [0.05, 0.1) is 5.52 Å². The third kappa shape index (κ3) is 2.90. The van der Waals surface area contributed by atoms with E-state index in [4.69, 9.17) is 4.98 Å². The maximum atomic E-state index is 4.84. The fourth-order valence-electron chi connectivity index (χ4n) is 2.82. The average Bonchev–Trinajstić information content (AvgIpc) is 3.02. The Morgan fingerprint density at radius 2 is 1.78 bits per heavy atom. The molecule has 23 heavy (non-hydrogen) atoms. The van der Waals surface area contributed by atoms with E-state index in [2.05, 4.69) is 53.3 Å². The second-order valence-electron chi connectivity index (χ2n) is 5.58. The predicted octanol–water partition coefficient (Wildman–Crippen LogP) is 3.48. The van der Waals surface area contributed by atoms with Gasteiger partial charge in [0.25, 0.3) is 0 Å². The number of hydrogen-bond donors (Lipinski definition) is 0. The van der Waals surface area contributed by atoms with E-state index in [1.165, 1.54) is 11.5 Å². The monoisotopic (exact) mass is 389 g/mol. The number of nitrogens with zero attached hydrogens (tertiary/aromatic N) is 5. The number of hydrogen-bond acceptors (Lipinski definition) is 6. The van der Waals surface area contributed by atoms with Crippen molar-refractivity contribution in [3.63, 3.8) is 0 Å². The fourth-order valence-corrected chi connectivity index (χ4v) is 4.01. The molecule has 0 radical (unpaired) electrons. The zero-order chi connectivity index (χ0) is 15.8. The molecule has 4 rings (SSSR count). The standard InChI is InChI=1S/C16H16BrN5S/c1-11-18-16(23-20-11)22-9-7-21(8-10-22)14-6-5-12-3-2-4-13(17)15(12)19-14/h2-6H,7-10H2,1H3. The Labute approximate surface area is 147 Å². The molecule has 1 saturated heterocycles. The molecule has 0 N–H and O–H groups in total. The largest absolute Gasteiger partial charge is 0.353 e. The van der Waals surface area contributed by atoms with Crippen LogP contribution in [0.4, 0.5) is 10.9 Å². The highest BCUT2D eigenvalue weighted by Crippen LogP contribution is 2.26. The quantitative estimate of drug-likeness (QED) is 0.671. The molecule has 0 bridgehead atoms. The Bertz CT molecular complexity index is 841. The molecular weight excluding hydrogens is 374 g/mol. The molecule has 5 nitrogen and oxygen atoms in total. The van der Waals surface area contributed by atoms with E-state index in [1.54, 1.807) is 0 Å². The van der Waals surface area contributed by atoms with Crippen LogP contribution < -0.4 is 9.80 Å². The lowest BCUT2D eigenvalue weighted by Crippen LogP contribution is -2.46. The maximum Gasteiger partial charge on any atom is 0.205 e. The van der Waals surface area contributed by atoms with Crippen LogP contribution in [0.2, 0.25) is 0 Å². The minimum Gasteiger partial charge on any atom is -0.353 e. The number of anilines is 2. The molecule has 7 heteroatoms. The summed E-state index contributed by atoms with van der Waals surface area (Å²) in [6, 6.07) is 10.4. The molecule has 0 atom stereocenters. The zero-order valence-corrected chi connectivity index (χ0v) is 15.1. The molecule has 1 fully saturated rings. The van der Waals surface area contributed by atoms with Gasteiger partial charge in [-0.1, -0.05) is 12.1 Å². The van der Waals surface area contributed by atoms with Crippen molar-refractivity contribution >= 4 is 49.3 Å². The number of para-hydroxylation sites is 1. The summed E-state index contributed by atoms with van der Waals surface area (Å²) in [6.45, 7) is 5.73. The van der Waals surface area contributed by atoms with Crippen molar-refractivity contribution < 1.29 is 0 Å². The number of halogens is 1. The van der Waals surface area contributed by atoms with Crippen molar-refractivity contribution in [3.8, 4) is 0 Å². The van der Waals surface area contributed by atoms with Gasteiger partial charge in [-0.25, -0.2) is 9.97 Å². The highest BCUT2D eigenvalue weighted by atomic mass is 79.9. The topological polar surface area (TPSA) is 45.2 Å². The van der Waals surface area contributed by atoms with E-state index in [0.717, 1.165) is 58.3 Å². The van der Waals surface area contributed by atoms with Gasteiger partial charge in [-0.3, -0.25) is 0 Å². The number of piperazine rings is 1. The number of benzene rings is 1. The first kappa shape index (κ1) is 14.8. The van der Waals surface area contributed by atoms with Gasteiger partial charge in [0.1, 0.15) is 11.6 Å². The van der Waals surface area contributed by atoms with Crippen LogP contribution in [0.3, 0.4) is 0 Å². The first-order valence-electron chi connectivity index (χ1n) is 7.56. The van der Waals surface area contributed by atoms with Crippen molar-refractivity contribution in [1.29, 1.82) is 0 Å². The number of fused-ring (bicyclic) bond motifs is 1. The molecule has 3 aromatic rings. The summed E-state index contributed by atoms with van der Waals surface area (Å²) in [5.41, 5.74) is 1.02. The van der Waals surface area contributed by atoms with E-state index in [0.29, 0.717) is 0 Å². The Balaban J connectivity index is 1.53. The van der Waals surface area contributed by atoms with E-state index in [1.807, 2.05) is 19.1 Å². The van der Waals surface area contributed by atoms with Crippen LogP contribution >= 0.6 is 27.5 Å². The van der Waals surface area contributed by atoms with Crippen LogP contribution in [0.5, 0.6) is 0 Å². The number of rotatable bonds is 2. The number of aryl methyl sites for hydroxylation is 1. The van der Waals surface area contributed by atoms with Crippen molar-refractivity contribution in [3.05, 3.63) is 40.6 Å². The summed E-state index contributed by atoms with van der Waals surface area (Å²) < 4.78 is 5.31. The molecule has 0 saturated carbocycles. The Kier molecular flexibility index (Phi) is 3.90. The first-order chi connectivity index (χ1) is 11.2. The summed E-state index contributed by atoms with van der Waals surface area (Å²) in [6.07, 6.45) is 0.